The van der Waals surface area contributed by atoms with Gasteiger partial charge in [0.15, 0.2) is 0 Å². The molecule has 0 saturated heterocycles. The number of hydrogen-bond acceptors (Lipinski definition) is 2. The van der Waals surface area contributed by atoms with Gasteiger partial charge in [-0.25, -0.2) is 0 Å². The van der Waals surface area contributed by atoms with Crippen LogP contribution < -0.4 is 5.73 Å². The lowest BCUT2D eigenvalue weighted by molar-refractivity contribution is 0.470. The molecule has 0 spiro atoms. The van der Waals surface area contributed by atoms with Gasteiger partial charge in [0.25, 0.3) is 0 Å². The van der Waals surface area contributed by atoms with Crippen molar-refractivity contribution in [3.05, 3.63) is 29.3 Å². The molecule has 0 heterocycles. The Bertz CT molecular complexity index is 296. The van der Waals surface area contributed by atoms with Crippen molar-refractivity contribution in [2.24, 2.45) is 5.73 Å². The van der Waals surface area contributed by atoms with Crippen LogP contribution in [-0.2, 0) is 6.42 Å². The van der Waals surface area contributed by atoms with Crippen LogP contribution in [0.25, 0.3) is 0 Å². The number of phenols is 1. The fraction of sp³-hybridized carbons (Fsp3) is 0.400. The van der Waals surface area contributed by atoms with E-state index in [1.807, 2.05) is 6.07 Å². The fourth-order valence-corrected chi connectivity index (χ4v) is 1.82. The second-order valence-electron chi connectivity index (χ2n) is 3.38. The first-order chi connectivity index (χ1) is 5.77. The van der Waals surface area contributed by atoms with Crippen LogP contribution in [0.15, 0.2) is 18.2 Å². The number of aryl methyl sites for hydroxylation is 1. The zero-order valence-corrected chi connectivity index (χ0v) is 6.96. The van der Waals surface area contributed by atoms with E-state index in [0.717, 1.165) is 18.4 Å². The standard InChI is InChI=1S/C10H13NO/c11-10-3-1-2-7-4-5-8(12)6-9(7)10/h4-6,10,12H,1-3,11H2/t10-/m1/s1. The minimum absolute atomic E-state index is 0.126. The van der Waals surface area contributed by atoms with Gasteiger partial charge in [-0.15, -0.1) is 0 Å². The monoisotopic (exact) mass is 163 g/mol. The summed E-state index contributed by atoms with van der Waals surface area (Å²) in [6.07, 6.45) is 3.30. The van der Waals surface area contributed by atoms with Gasteiger partial charge in [-0.05, 0) is 42.5 Å². The largest absolute Gasteiger partial charge is 0.508 e. The van der Waals surface area contributed by atoms with Crippen LogP contribution in [0.2, 0.25) is 0 Å². The summed E-state index contributed by atoms with van der Waals surface area (Å²) in [6.45, 7) is 0. The number of benzene rings is 1. The summed E-state index contributed by atoms with van der Waals surface area (Å²) in [5.41, 5.74) is 8.33. The van der Waals surface area contributed by atoms with Crippen molar-refractivity contribution in [1.29, 1.82) is 0 Å². The maximum atomic E-state index is 9.25. The minimum Gasteiger partial charge on any atom is -0.508 e. The third kappa shape index (κ3) is 1.18. The lowest BCUT2D eigenvalue weighted by atomic mass is 9.88. The van der Waals surface area contributed by atoms with Crippen molar-refractivity contribution in [2.45, 2.75) is 25.3 Å². The molecule has 1 aliphatic rings. The van der Waals surface area contributed by atoms with Crippen LogP contribution in [0.4, 0.5) is 0 Å². The molecule has 2 nitrogen and oxygen atoms in total. The van der Waals surface area contributed by atoms with Crippen molar-refractivity contribution in [3.63, 3.8) is 0 Å². The second kappa shape index (κ2) is 2.79. The van der Waals surface area contributed by atoms with Gasteiger partial charge >= 0.3 is 0 Å². The predicted molar refractivity (Wildman–Crippen MR) is 48.0 cm³/mol. The normalized spacial score (nSPS) is 21.9. The number of phenolic OH excluding ortho intramolecular Hbond substituents is 1. The Kier molecular flexibility index (Phi) is 1.77. The van der Waals surface area contributed by atoms with E-state index in [1.165, 1.54) is 12.0 Å². The summed E-state index contributed by atoms with van der Waals surface area (Å²) < 4.78 is 0. The molecule has 2 heteroatoms. The molecule has 1 atom stereocenters. The van der Waals surface area contributed by atoms with Crippen LogP contribution in [0.3, 0.4) is 0 Å². The Morgan fingerprint density at radius 3 is 3.08 bits per heavy atom. The molecule has 0 bridgehead atoms. The van der Waals surface area contributed by atoms with Gasteiger partial charge in [-0.3, -0.25) is 0 Å². The first kappa shape index (κ1) is 7.62. The molecule has 2 rings (SSSR count). The smallest absolute Gasteiger partial charge is 0.115 e. The van der Waals surface area contributed by atoms with Gasteiger partial charge in [0, 0.05) is 6.04 Å². The van der Waals surface area contributed by atoms with Crippen LogP contribution >= 0.6 is 0 Å². The number of aromatic hydroxyl groups is 1. The average Bonchev–Trinajstić information content (AvgIpc) is 2.07. The van der Waals surface area contributed by atoms with Crippen LogP contribution in [0, 0.1) is 0 Å². The average molecular weight is 163 g/mol. The number of rotatable bonds is 0. The lowest BCUT2D eigenvalue weighted by Crippen LogP contribution is -2.16. The molecule has 3 N–H and O–H groups in total. The van der Waals surface area contributed by atoms with E-state index in [9.17, 15) is 5.11 Å². The molecule has 12 heavy (non-hydrogen) atoms. The Labute approximate surface area is 72.0 Å². The van der Waals surface area contributed by atoms with Crippen molar-refractivity contribution in [3.8, 4) is 5.75 Å². The molecule has 0 radical (unpaired) electrons. The highest BCUT2D eigenvalue weighted by Gasteiger charge is 2.16. The summed E-state index contributed by atoms with van der Waals surface area (Å²) in [4.78, 5) is 0. The first-order valence-electron chi connectivity index (χ1n) is 4.35. The highest BCUT2D eigenvalue weighted by molar-refractivity contribution is 5.38. The van der Waals surface area contributed by atoms with Gasteiger partial charge in [0.1, 0.15) is 5.75 Å². The van der Waals surface area contributed by atoms with Gasteiger partial charge in [-0.1, -0.05) is 6.07 Å². The minimum atomic E-state index is 0.126. The van der Waals surface area contributed by atoms with Gasteiger partial charge in [-0.2, -0.15) is 0 Å². The zero-order valence-electron chi connectivity index (χ0n) is 6.96. The van der Waals surface area contributed by atoms with Gasteiger partial charge in [0.2, 0.25) is 0 Å². The van der Waals surface area contributed by atoms with Crippen LogP contribution in [-0.4, -0.2) is 5.11 Å². The molecular weight excluding hydrogens is 150 g/mol. The molecule has 0 fully saturated rings. The summed E-state index contributed by atoms with van der Waals surface area (Å²) >= 11 is 0. The Morgan fingerprint density at radius 1 is 1.42 bits per heavy atom. The fourth-order valence-electron chi connectivity index (χ4n) is 1.82. The Morgan fingerprint density at radius 2 is 2.25 bits per heavy atom. The Balaban J connectivity index is 2.47. The molecule has 0 unspecified atom stereocenters. The topological polar surface area (TPSA) is 46.2 Å². The summed E-state index contributed by atoms with van der Waals surface area (Å²) in [6, 6.07) is 5.63. The molecule has 0 saturated carbocycles. The van der Waals surface area contributed by atoms with Crippen molar-refractivity contribution < 1.29 is 5.11 Å². The third-order valence-electron chi connectivity index (χ3n) is 2.49. The lowest BCUT2D eigenvalue weighted by Gasteiger charge is -2.21. The van der Waals surface area contributed by atoms with Crippen molar-refractivity contribution in [2.75, 3.05) is 0 Å². The molecule has 0 aromatic heterocycles. The molecule has 0 aliphatic heterocycles. The van der Waals surface area contributed by atoms with E-state index in [4.69, 9.17) is 5.73 Å². The molecule has 1 aliphatic carbocycles. The van der Waals surface area contributed by atoms with Gasteiger partial charge in [0.05, 0.1) is 0 Å². The second-order valence-corrected chi connectivity index (χ2v) is 3.38. The van der Waals surface area contributed by atoms with Gasteiger partial charge < -0.3 is 10.8 Å². The summed E-state index contributed by atoms with van der Waals surface area (Å²) in [5.74, 6) is 0.325. The van der Waals surface area contributed by atoms with E-state index in [1.54, 1.807) is 12.1 Å². The molecule has 0 amide bonds. The predicted octanol–water partition coefficient (Wildman–Crippen LogP) is 1.73. The van der Waals surface area contributed by atoms with Crippen LogP contribution in [0.5, 0.6) is 5.75 Å². The Hall–Kier alpha value is -1.02. The van der Waals surface area contributed by atoms with E-state index in [0.29, 0.717) is 5.75 Å². The number of fused-ring (bicyclic) bond motifs is 1. The zero-order chi connectivity index (χ0) is 8.55. The highest BCUT2D eigenvalue weighted by Crippen LogP contribution is 2.30. The van der Waals surface area contributed by atoms with Crippen molar-refractivity contribution in [1.82, 2.24) is 0 Å². The summed E-state index contributed by atoms with van der Waals surface area (Å²) in [5, 5.41) is 9.25. The van der Waals surface area contributed by atoms with Crippen molar-refractivity contribution >= 4 is 0 Å². The molecule has 64 valence electrons. The van der Waals surface area contributed by atoms with E-state index in [-0.39, 0.29) is 6.04 Å². The first-order valence-corrected chi connectivity index (χ1v) is 4.35. The SMILES string of the molecule is N[C@@H]1CCCc2ccc(O)cc21. The van der Waals surface area contributed by atoms with E-state index >= 15 is 0 Å². The van der Waals surface area contributed by atoms with E-state index in [2.05, 4.69) is 0 Å². The van der Waals surface area contributed by atoms with E-state index < -0.39 is 0 Å². The molecule has 1 aromatic rings. The quantitative estimate of drug-likeness (QED) is 0.611. The maximum absolute atomic E-state index is 9.25. The molecule has 1 aromatic carbocycles. The maximum Gasteiger partial charge on any atom is 0.115 e. The molecular formula is C10H13NO. The van der Waals surface area contributed by atoms with Crippen LogP contribution in [0.1, 0.15) is 30.0 Å². The number of hydrogen-bond donors (Lipinski definition) is 2. The summed E-state index contributed by atoms with van der Waals surface area (Å²) in [7, 11) is 0. The highest BCUT2D eigenvalue weighted by atomic mass is 16.3. The third-order valence-corrected chi connectivity index (χ3v) is 2.49. The number of nitrogens with two attached hydrogens (primary N) is 1.